The van der Waals surface area contributed by atoms with E-state index < -0.39 is 5.60 Å². The number of aromatic amines is 1. The lowest BCUT2D eigenvalue weighted by Gasteiger charge is -2.35. The van der Waals surface area contributed by atoms with E-state index in [-0.39, 0.29) is 6.09 Å². The zero-order valence-electron chi connectivity index (χ0n) is 17.3. The second-order valence-electron chi connectivity index (χ2n) is 8.53. The highest BCUT2D eigenvalue weighted by atomic mass is 16.6. The van der Waals surface area contributed by atoms with Crippen molar-refractivity contribution in [3.05, 3.63) is 28.8 Å². The first-order valence-electron chi connectivity index (χ1n) is 10.0. The molecule has 0 saturated carbocycles. The van der Waals surface area contributed by atoms with Crippen LogP contribution in [0.1, 0.15) is 63.8 Å². The van der Waals surface area contributed by atoms with Gasteiger partial charge in [-0.3, -0.25) is 4.90 Å². The van der Waals surface area contributed by atoms with Crippen molar-refractivity contribution in [1.29, 1.82) is 0 Å². The number of rotatable bonds is 4. The third-order valence-electron chi connectivity index (χ3n) is 5.09. The minimum absolute atomic E-state index is 0.209. The fraction of sp³-hybridized carbons (Fsp3) is 0.667. The molecule has 1 N–H and O–H groups in total. The van der Waals surface area contributed by atoms with E-state index in [2.05, 4.69) is 29.1 Å². The Labute approximate surface area is 162 Å². The quantitative estimate of drug-likeness (QED) is 0.866. The van der Waals surface area contributed by atoms with Crippen LogP contribution < -0.4 is 0 Å². The standard InChI is InChI=1S/C21H33N3O3/c1-6-26-17-11-15(2)19-18(12-17)16(13-22-19)14-23-7-9-24(10-8-23)20(25)27-21(3,4)5/h12-13,15,22H,6-11,14H2,1-5H3. The van der Waals surface area contributed by atoms with Gasteiger partial charge in [-0.25, -0.2) is 4.79 Å². The highest BCUT2D eigenvalue weighted by Gasteiger charge is 2.27. The van der Waals surface area contributed by atoms with E-state index in [1.807, 2.05) is 32.6 Å². The molecule has 6 heteroatoms. The maximum absolute atomic E-state index is 12.2. The van der Waals surface area contributed by atoms with Gasteiger partial charge in [0, 0.05) is 62.5 Å². The number of ether oxygens (including phenoxy) is 2. The molecule has 2 heterocycles. The molecule has 1 aromatic rings. The molecular formula is C21H33N3O3. The smallest absolute Gasteiger partial charge is 0.410 e. The Morgan fingerprint density at radius 1 is 1.26 bits per heavy atom. The third-order valence-corrected chi connectivity index (χ3v) is 5.09. The number of amides is 1. The van der Waals surface area contributed by atoms with Crippen molar-refractivity contribution < 1.29 is 14.3 Å². The summed E-state index contributed by atoms with van der Waals surface area (Å²) in [6, 6.07) is 0. The van der Waals surface area contributed by atoms with Gasteiger partial charge >= 0.3 is 6.09 Å². The summed E-state index contributed by atoms with van der Waals surface area (Å²) >= 11 is 0. The van der Waals surface area contributed by atoms with Gasteiger partial charge in [0.1, 0.15) is 5.60 Å². The summed E-state index contributed by atoms with van der Waals surface area (Å²) < 4.78 is 11.3. The molecule has 1 saturated heterocycles. The maximum atomic E-state index is 12.2. The number of piperazine rings is 1. The number of hydrogen-bond acceptors (Lipinski definition) is 4. The lowest BCUT2D eigenvalue weighted by atomic mass is 9.91. The Bertz CT molecular complexity index is 694. The SMILES string of the molecule is CCOC1=Cc2c(CN3CCN(C(=O)OC(C)(C)C)CC3)c[nH]c2C(C)C1. The van der Waals surface area contributed by atoms with Gasteiger partial charge < -0.3 is 19.4 Å². The second kappa shape index (κ2) is 7.97. The van der Waals surface area contributed by atoms with Crippen molar-refractivity contribution >= 4 is 12.2 Å². The first-order valence-corrected chi connectivity index (χ1v) is 10.0. The van der Waals surface area contributed by atoms with Gasteiger partial charge in [-0.1, -0.05) is 6.92 Å². The molecule has 1 aromatic heterocycles. The molecule has 150 valence electrons. The third kappa shape index (κ3) is 4.86. The van der Waals surface area contributed by atoms with Gasteiger partial charge in [0.15, 0.2) is 0 Å². The molecule has 0 radical (unpaired) electrons. The fourth-order valence-corrected chi connectivity index (χ4v) is 3.77. The Morgan fingerprint density at radius 3 is 2.59 bits per heavy atom. The monoisotopic (exact) mass is 375 g/mol. The van der Waals surface area contributed by atoms with Crippen molar-refractivity contribution in [3.63, 3.8) is 0 Å². The van der Waals surface area contributed by atoms with Gasteiger partial charge in [-0.05, 0) is 39.3 Å². The molecule has 27 heavy (non-hydrogen) atoms. The van der Waals surface area contributed by atoms with E-state index in [9.17, 15) is 4.79 Å². The van der Waals surface area contributed by atoms with Crippen LogP contribution in [-0.2, 0) is 16.0 Å². The summed E-state index contributed by atoms with van der Waals surface area (Å²) in [7, 11) is 0. The summed E-state index contributed by atoms with van der Waals surface area (Å²) in [6.45, 7) is 14.7. The number of allylic oxidation sites excluding steroid dienone is 1. The van der Waals surface area contributed by atoms with Gasteiger partial charge in [-0.2, -0.15) is 0 Å². The van der Waals surface area contributed by atoms with Gasteiger partial charge in [0.2, 0.25) is 0 Å². The largest absolute Gasteiger partial charge is 0.498 e. The molecule has 2 aliphatic rings. The van der Waals surface area contributed by atoms with Crippen molar-refractivity contribution in [2.75, 3.05) is 32.8 Å². The van der Waals surface area contributed by atoms with Crippen LogP contribution in [0, 0.1) is 0 Å². The number of nitrogens with zero attached hydrogens (tertiary/aromatic N) is 2. The van der Waals surface area contributed by atoms with Crippen LogP contribution in [0.5, 0.6) is 0 Å². The number of aromatic nitrogens is 1. The molecule has 0 spiro atoms. The predicted octanol–water partition coefficient (Wildman–Crippen LogP) is 3.95. The van der Waals surface area contributed by atoms with Crippen LogP contribution in [0.4, 0.5) is 4.79 Å². The second-order valence-corrected chi connectivity index (χ2v) is 8.53. The maximum Gasteiger partial charge on any atom is 0.410 e. The Hall–Kier alpha value is -1.95. The van der Waals surface area contributed by atoms with Crippen molar-refractivity contribution in [3.8, 4) is 0 Å². The Morgan fingerprint density at radius 2 is 1.96 bits per heavy atom. The van der Waals surface area contributed by atoms with Gasteiger partial charge in [-0.15, -0.1) is 0 Å². The first-order chi connectivity index (χ1) is 12.8. The van der Waals surface area contributed by atoms with Crippen molar-refractivity contribution in [2.24, 2.45) is 0 Å². The summed E-state index contributed by atoms with van der Waals surface area (Å²) in [5.74, 6) is 1.53. The molecule has 1 unspecified atom stereocenters. The van der Waals surface area contributed by atoms with Gasteiger partial charge in [0.05, 0.1) is 12.4 Å². The molecule has 0 bridgehead atoms. The number of H-pyrrole nitrogens is 1. The molecule has 1 aliphatic heterocycles. The summed E-state index contributed by atoms with van der Waals surface area (Å²) in [6.07, 6.45) is 5.07. The fourth-order valence-electron chi connectivity index (χ4n) is 3.77. The van der Waals surface area contributed by atoms with Crippen LogP contribution in [0.25, 0.3) is 6.08 Å². The number of carbonyl (C=O) groups is 1. The Balaban J connectivity index is 1.60. The summed E-state index contributed by atoms with van der Waals surface area (Å²) in [5, 5.41) is 0. The van der Waals surface area contributed by atoms with E-state index in [0.29, 0.717) is 25.6 Å². The molecule has 1 fully saturated rings. The van der Waals surface area contributed by atoms with E-state index in [0.717, 1.165) is 31.8 Å². The van der Waals surface area contributed by atoms with Crippen LogP contribution in [0.2, 0.25) is 0 Å². The molecule has 0 aromatic carbocycles. The Kier molecular flexibility index (Phi) is 5.84. The normalized spacial score (nSPS) is 20.9. The lowest BCUT2D eigenvalue weighted by molar-refractivity contribution is 0.0139. The molecule has 6 nitrogen and oxygen atoms in total. The zero-order valence-corrected chi connectivity index (χ0v) is 17.3. The average molecular weight is 376 g/mol. The zero-order chi connectivity index (χ0) is 19.6. The predicted molar refractivity (Wildman–Crippen MR) is 107 cm³/mol. The molecule has 1 atom stereocenters. The van der Waals surface area contributed by atoms with E-state index >= 15 is 0 Å². The minimum Gasteiger partial charge on any atom is -0.498 e. The van der Waals surface area contributed by atoms with Gasteiger partial charge in [0.25, 0.3) is 0 Å². The van der Waals surface area contributed by atoms with E-state index in [1.165, 1.54) is 16.8 Å². The topological polar surface area (TPSA) is 57.8 Å². The summed E-state index contributed by atoms with van der Waals surface area (Å²) in [4.78, 5) is 19.9. The van der Waals surface area contributed by atoms with Crippen LogP contribution in [0.3, 0.4) is 0 Å². The molecular weight excluding hydrogens is 342 g/mol. The molecule has 3 rings (SSSR count). The highest BCUT2D eigenvalue weighted by molar-refractivity contribution is 5.68. The van der Waals surface area contributed by atoms with E-state index in [1.54, 1.807) is 0 Å². The van der Waals surface area contributed by atoms with Crippen LogP contribution >= 0.6 is 0 Å². The first kappa shape index (κ1) is 19.8. The molecule has 1 amide bonds. The van der Waals surface area contributed by atoms with E-state index in [4.69, 9.17) is 9.47 Å². The van der Waals surface area contributed by atoms with Crippen LogP contribution in [-0.4, -0.2) is 59.3 Å². The van der Waals surface area contributed by atoms with Crippen molar-refractivity contribution in [1.82, 2.24) is 14.8 Å². The summed E-state index contributed by atoms with van der Waals surface area (Å²) in [5.41, 5.74) is 3.45. The number of fused-ring (bicyclic) bond motifs is 1. The molecule has 1 aliphatic carbocycles. The average Bonchev–Trinajstić information content (AvgIpc) is 2.98. The number of hydrogen-bond donors (Lipinski definition) is 1. The van der Waals surface area contributed by atoms with Crippen LogP contribution in [0.15, 0.2) is 12.0 Å². The highest BCUT2D eigenvalue weighted by Crippen LogP contribution is 2.35. The minimum atomic E-state index is -0.445. The number of carbonyl (C=O) groups excluding carboxylic acids is 1. The lowest BCUT2D eigenvalue weighted by Crippen LogP contribution is -2.49. The number of nitrogens with one attached hydrogen (secondary N) is 1. The van der Waals surface area contributed by atoms with Crippen molar-refractivity contribution in [2.45, 2.75) is 59.1 Å².